The fraction of sp³-hybridized carbons (Fsp3) is 0.545. The molecule has 186 valence electrons. The van der Waals surface area contributed by atoms with Crippen molar-refractivity contribution < 1.29 is 34.4 Å². The van der Waals surface area contributed by atoms with Crippen LogP contribution in [0.3, 0.4) is 0 Å². The minimum Gasteiger partial charge on any atom is -0.449 e. The Balaban J connectivity index is 1.92. The Hall–Kier alpha value is -3.06. The Labute approximate surface area is 196 Å². The second-order valence-corrected chi connectivity index (χ2v) is 8.07. The molecule has 1 aliphatic heterocycles. The monoisotopic (exact) mass is 477 g/mol. The quantitative estimate of drug-likeness (QED) is 0.299. The highest BCUT2D eigenvalue weighted by Gasteiger charge is 2.29. The van der Waals surface area contributed by atoms with Gasteiger partial charge in [-0.15, -0.1) is 0 Å². The molecular weight excluding hydrogens is 446 g/mol. The van der Waals surface area contributed by atoms with Gasteiger partial charge in [-0.05, 0) is 20.3 Å². The first-order valence-corrected chi connectivity index (χ1v) is 11.2. The van der Waals surface area contributed by atoms with Crippen LogP contribution in [0, 0.1) is 0 Å². The lowest BCUT2D eigenvalue weighted by Gasteiger charge is -2.27. The molecule has 0 saturated heterocycles. The Kier molecular flexibility index (Phi) is 8.56. The van der Waals surface area contributed by atoms with Gasteiger partial charge in [0.1, 0.15) is 36.2 Å². The SMILES string of the molecule is CCCCCOC(=O)NC1=CC(=O)Nc2ncnc3c2c1cn3C(C)O[C@H](CO)[C@@H](O)C(C)O. The third kappa shape index (κ3) is 5.70. The van der Waals surface area contributed by atoms with E-state index in [1.54, 1.807) is 17.7 Å². The Morgan fingerprint density at radius 1 is 1.26 bits per heavy atom. The first kappa shape index (κ1) is 25.6. The van der Waals surface area contributed by atoms with Crippen molar-refractivity contribution in [1.82, 2.24) is 19.9 Å². The van der Waals surface area contributed by atoms with Gasteiger partial charge in [0.25, 0.3) is 5.91 Å². The topological polar surface area (TPSA) is 168 Å². The summed E-state index contributed by atoms with van der Waals surface area (Å²) in [5, 5.41) is 35.2. The fourth-order valence-electron chi connectivity index (χ4n) is 3.65. The molecule has 0 aliphatic carbocycles. The molecule has 0 radical (unpaired) electrons. The number of unbranched alkanes of at least 4 members (excludes halogenated alkanes) is 2. The molecule has 2 amide bonds. The van der Waals surface area contributed by atoms with E-state index < -0.39 is 43.1 Å². The van der Waals surface area contributed by atoms with Gasteiger partial charge in [0.2, 0.25) is 0 Å². The minimum atomic E-state index is -1.31. The molecule has 34 heavy (non-hydrogen) atoms. The minimum absolute atomic E-state index is 0.199. The maximum atomic E-state index is 12.4. The number of nitrogens with one attached hydrogen (secondary N) is 2. The highest BCUT2D eigenvalue weighted by Crippen LogP contribution is 2.34. The summed E-state index contributed by atoms with van der Waals surface area (Å²) < 4.78 is 12.6. The van der Waals surface area contributed by atoms with Gasteiger partial charge in [-0.1, -0.05) is 19.8 Å². The molecule has 0 saturated carbocycles. The predicted molar refractivity (Wildman–Crippen MR) is 123 cm³/mol. The van der Waals surface area contributed by atoms with E-state index in [4.69, 9.17) is 9.47 Å². The number of nitrogens with zero attached hydrogens (tertiary/aromatic N) is 3. The van der Waals surface area contributed by atoms with Crippen LogP contribution in [0.2, 0.25) is 0 Å². The Morgan fingerprint density at radius 3 is 2.71 bits per heavy atom. The molecule has 0 aromatic carbocycles. The van der Waals surface area contributed by atoms with E-state index in [0.717, 1.165) is 19.3 Å². The number of ether oxygens (including phenoxy) is 2. The molecule has 4 atom stereocenters. The first-order valence-electron chi connectivity index (χ1n) is 11.2. The summed E-state index contributed by atoms with van der Waals surface area (Å²) in [5.41, 5.74) is 1.05. The molecule has 3 heterocycles. The summed E-state index contributed by atoms with van der Waals surface area (Å²) in [7, 11) is 0. The van der Waals surface area contributed by atoms with Gasteiger partial charge < -0.3 is 34.7 Å². The van der Waals surface area contributed by atoms with E-state index in [2.05, 4.69) is 20.6 Å². The van der Waals surface area contributed by atoms with Crippen LogP contribution in [0.25, 0.3) is 16.7 Å². The van der Waals surface area contributed by atoms with Gasteiger partial charge in [0.15, 0.2) is 0 Å². The van der Waals surface area contributed by atoms with Crippen molar-refractivity contribution in [2.24, 2.45) is 0 Å². The van der Waals surface area contributed by atoms with Crippen molar-refractivity contribution >= 4 is 34.5 Å². The summed E-state index contributed by atoms with van der Waals surface area (Å²) >= 11 is 0. The highest BCUT2D eigenvalue weighted by atomic mass is 16.5. The average molecular weight is 478 g/mol. The molecular formula is C22H31N5O7. The Morgan fingerprint density at radius 2 is 2.03 bits per heavy atom. The summed E-state index contributed by atoms with van der Waals surface area (Å²) in [6.07, 6.45) is 1.87. The van der Waals surface area contributed by atoms with Crippen LogP contribution in [0.1, 0.15) is 51.8 Å². The van der Waals surface area contributed by atoms with E-state index in [0.29, 0.717) is 16.6 Å². The van der Waals surface area contributed by atoms with Gasteiger partial charge in [0, 0.05) is 17.8 Å². The normalized spacial score (nSPS) is 16.8. The van der Waals surface area contributed by atoms with Crippen molar-refractivity contribution in [2.45, 2.75) is 64.6 Å². The van der Waals surface area contributed by atoms with Crippen molar-refractivity contribution in [2.75, 3.05) is 18.5 Å². The van der Waals surface area contributed by atoms with Crippen LogP contribution in [0.4, 0.5) is 10.6 Å². The number of anilines is 1. The fourth-order valence-corrected chi connectivity index (χ4v) is 3.65. The lowest BCUT2D eigenvalue weighted by molar-refractivity contribution is -0.140. The van der Waals surface area contributed by atoms with E-state index in [1.165, 1.54) is 19.3 Å². The van der Waals surface area contributed by atoms with Crippen LogP contribution in [0.5, 0.6) is 0 Å². The molecule has 12 heteroatoms. The lowest BCUT2D eigenvalue weighted by Crippen LogP contribution is -2.41. The standard InChI is InChI=1S/C22H31N5O7/c1-4-5-6-7-33-22(32)25-15-8-17(30)26-20-18-14(15)9-27(21(18)24-11-23-20)13(3)34-16(10-28)19(31)12(2)29/h8-9,11-13,16,19,28-29,31H,4-7,10H2,1-3H3,(H,25,32)(H,23,24,26,30)/t12?,13?,16-,19+/m1/s1. The van der Waals surface area contributed by atoms with Crippen molar-refractivity contribution in [3.63, 3.8) is 0 Å². The summed E-state index contributed by atoms with van der Waals surface area (Å²) in [4.78, 5) is 33.2. The zero-order valence-corrected chi connectivity index (χ0v) is 19.4. The zero-order chi connectivity index (χ0) is 24.8. The molecule has 3 rings (SSSR count). The maximum Gasteiger partial charge on any atom is 0.411 e. The molecule has 0 spiro atoms. The largest absolute Gasteiger partial charge is 0.449 e. The molecule has 2 aromatic heterocycles. The summed E-state index contributed by atoms with van der Waals surface area (Å²) in [6.45, 7) is 4.85. The highest BCUT2D eigenvalue weighted by molar-refractivity contribution is 6.14. The van der Waals surface area contributed by atoms with E-state index in [9.17, 15) is 24.9 Å². The lowest BCUT2D eigenvalue weighted by atomic mass is 10.1. The van der Waals surface area contributed by atoms with Gasteiger partial charge >= 0.3 is 6.09 Å². The first-order chi connectivity index (χ1) is 16.3. The van der Waals surface area contributed by atoms with Crippen LogP contribution in [-0.2, 0) is 14.3 Å². The van der Waals surface area contributed by atoms with E-state index in [1.807, 2.05) is 6.92 Å². The Bertz CT molecular complexity index is 1050. The average Bonchev–Trinajstić information content (AvgIpc) is 3.14. The number of aliphatic hydroxyl groups excluding tert-OH is 3. The third-order valence-electron chi connectivity index (χ3n) is 5.45. The molecule has 12 nitrogen and oxygen atoms in total. The van der Waals surface area contributed by atoms with Crippen molar-refractivity contribution in [1.29, 1.82) is 0 Å². The van der Waals surface area contributed by atoms with Gasteiger partial charge in [-0.3, -0.25) is 10.1 Å². The number of rotatable bonds is 11. The maximum absolute atomic E-state index is 12.4. The third-order valence-corrected chi connectivity index (χ3v) is 5.45. The predicted octanol–water partition coefficient (Wildman–Crippen LogP) is 1.28. The van der Waals surface area contributed by atoms with Gasteiger partial charge in [-0.25, -0.2) is 14.8 Å². The zero-order valence-electron chi connectivity index (χ0n) is 19.4. The molecule has 0 fully saturated rings. The van der Waals surface area contributed by atoms with E-state index >= 15 is 0 Å². The second-order valence-electron chi connectivity index (χ2n) is 8.07. The van der Waals surface area contributed by atoms with Gasteiger partial charge in [-0.2, -0.15) is 0 Å². The molecule has 0 bridgehead atoms. The molecule has 2 unspecified atom stereocenters. The van der Waals surface area contributed by atoms with Crippen LogP contribution >= 0.6 is 0 Å². The number of carbonyl (C=O) groups is 2. The number of alkyl carbamates (subject to hydrolysis) is 1. The molecule has 2 aromatic rings. The number of hydrogen-bond acceptors (Lipinski definition) is 9. The van der Waals surface area contributed by atoms with E-state index in [-0.39, 0.29) is 18.1 Å². The summed E-state index contributed by atoms with van der Waals surface area (Å²) in [5.74, 6) is -0.225. The number of aromatic nitrogens is 3. The second kappa shape index (κ2) is 11.4. The number of carbonyl (C=O) groups excluding carboxylic acids is 2. The smallest absolute Gasteiger partial charge is 0.411 e. The number of aliphatic hydroxyl groups is 3. The van der Waals surface area contributed by atoms with Crippen LogP contribution in [0.15, 0.2) is 18.6 Å². The van der Waals surface area contributed by atoms with Gasteiger partial charge in [0.05, 0.1) is 30.4 Å². The molecule has 1 aliphatic rings. The van der Waals surface area contributed by atoms with Crippen LogP contribution in [-0.4, -0.2) is 73.4 Å². The van der Waals surface area contributed by atoms with Crippen LogP contribution < -0.4 is 10.6 Å². The van der Waals surface area contributed by atoms with Crippen molar-refractivity contribution in [3.8, 4) is 0 Å². The number of hydrogen-bond donors (Lipinski definition) is 5. The number of amides is 2. The molecule has 5 N–H and O–H groups in total. The summed E-state index contributed by atoms with van der Waals surface area (Å²) in [6, 6.07) is 0. The van der Waals surface area contributed by atoms with Crippen molar-refractivity contribution in [3.05, 3.63) is 24.2 Å².